The van der Waals surface area contributed by atoms with Crippen molar-refractivity contribution in [1.29, 1.82) is 0 Å². The zero-order valence-corrected chi connectivity index (χ0v) is 38.7. The van der Waals surface area contributed by atoms with Crippen molar-refractivity contribution in [3.05, 3.63) is 60.8 Å². The van der Waals surface area contributed by atoms with Gasteiger partial charge in [-0.25, -0.2) is 0 Å². The molecule has 2 unspecified atom stereocenters. The second-order valence-electron chi connectivity index (χ2n) is 17.0. The largest absolute Gasteiger partial charge is 0.544 e. The molecular formula is C51H89NO7. The van der Waals surface area contributed by atoms with Gasteiger partial charge in [0.15, 0.2) is 6.10 Å². The van der Waals surface area contributed by atoms with Gasteiger partial charge in [0.2, 0.25) is 0 Å². The lowest BCUT2D eigenvalue weighted by atomic mass is 10.1. The summed E-state index contributed by atoms with van der Waals surface area (Å²) in [4.78, 5) is 36.9. The van der Waals surface area contributed by atoms with Crippen LogP contribution in [0.3, 0.4) is 0 Å². The van der Waals surface area contributed by atoms with Crippen molar-refractivity contribution in [2.75, 3.05) is 41.0 Å². The van der Waals surface area contributed by atoms with Crippen molar-refractivity contribution in [1.82, 2.24) is 0 Å². The Kier molecular flexibility index (Phi) is 39.6. The quantitative estimate of drug-likeness (QED) is 0.0261. The van der Waals surface area contributed by atoms with Crippen molar-refractivity contribution in [3.63, 3.8) is 0 Å². The Labute approximate surface area is 362 Å². The summed E-state index contributed by atoms with van der Waals surface area (Å²) in [5.41, 5.74) is 0. The van der Waals surface area contributed by atoms with Gasteiger partial charge in [-0.1, -0.05) is 152 Å². The van der Waals surface area contributed by atoms with Gasteiger partial charge < -0.3 is 28.6 Å². The number of nitrogens with zero attached hydrogens (tertiary/aromatic N) is 1. The monoisotopic (exact) mass is 828 g/mol. The third-order valence-electron chi connectivity index (χ3n) is 10.4. The minimum atomic E-state index is -1.13. The first-order valence-electron chi connectivity index (χ1n) is 23.8. The molecule has 0 aliphatic heterocycles. The average Bonchev–Trinajstić information content (AvgIpc) is 3.19. The van der Waals surface area contributed by atoms with E-state index in [2.05, 4.69) is 74.6 Å². The highest BCUT2D eigenvalue weighted by Gasteiger charge is 2.25. The van der Waals surface area contributed by atoms with Crippen molar-refractivity contribution >= 4 is 17.9 Å². The van der Waals surface area contributed by atoms with Crippen LogP contribution in [-0.4, -0.2) is 75.5 Å². The van der Waals surface area contributed by atoms with Crippen LogP contribution in [0.25, 0.3) is 0 Å². The first-order chi connectivity index (χ1) is 28.6. The maximum atomic E-state index is 12.8. The molecule has 59 heavy (non-hydrogen) atoms. The fourth-order valence-electron chi connectivity index (χ4n) is 6.64. The molecule has 0 bridgehead atoms. The lowest BCUT2D eigenvalue weighted by molar-refractivity contribution is -0.889. The summed E-state index contributed by atoms with van der Waals surface area (Å²) in [6.07, 6.45) is 50.9. The number of hydrogen-bond acceptors (Lipinski definition) is 7. The smallest absolute Gasteiger partial charge is 0.306 e. The minimum absolute atomic E-state index is 0.0288. The van der Waals surface area contributed by atoms with Gasteiger partial charge in [0.1, 0.15) is 12.6 Å². The summed E-state index contributed by atoms with van der Waals surface area (Å²) in [5, 5.41) is 11.6. The molecule has 0 rings (SSSR count). The molecule has 0 spiro atoms. The molecule has 0 aromatic heterocycles. The Bertz CT molecular complexity index is 1150. The van der Waals surface area contributed by atoms with E-state index in [1.54, 1.807) is 21.1 Å². The molecule has 0 saturated carbocycles. The number of carboxylic acids is 1. The number of hydrogen-bond donors (Lipinski definition) is 0. The van der Waals surface area contributed by atoms with Crippen LogP contribution in [0, 0.1) is 0 Å². The number of carboxylic acid groups (broad SMARTS) is 1. The van der Waals surface area contributed by atoms with Gasteiger partial charge in [-0.15, -0.1) is 0 Å². The number of carbonyl (C=O) groups is 3. The maximum Gasteiger partial charge on any atom is 0.306 e. The molecule has 0 aromatic carbocycles. The molecule has 0 radical (unpaired) electrons. The van der Waals surface area contributed by atoms with Crippen molar-refractivity contribution in [2.24, 2.45) is 0 Å². The molecule has 0 amide bonds. The zero-order chi connectivity index (χ0) is 43.5. The summed E-state index contributed by atoms with van der Waals surface area (Å²) in [7, 11) is 5.40. The van der Waals surface area contributed by atoms with Crippen molar-refractivity contribution in [3.8, 4) is 0 Å². The Morgan fingerprint density at radius 3 is 1.36 bits per heavy atom. The van der Waals surface area contributed by atoms with E-state index in [0.29, 0.717) is 12.8 Å². The standard InChI is InChI=1S/C51H89NO7/c1-6-8-10-12-14-16-18-20-22-24-25-26-28-30-32-34-36-38-40-42-50(54)59-47(45-57-44-43-48(51(55)56)52(3,4)5)46-58-49(53)41-39-37-35-33-31-29-27-23-21-19-17-15-13-11-9-7-2/h14,16-17,19-20,22-23,25-27,47-48H,6-13,15,18,21,24,28-46H2,1-5H3/b16-14-,19-17-,22-20-,26-25-,27-23-. The van der Waals surface area contributed by atoms with Gasteiger partial charge in [-0.2, -0.15) is 0 Å². The Hall–Kier alpha value is -2.97. The second-order valence-corrected chi connectivity index (χ2v) is 17.0. The number of esters is 2. The van der Waals surface area contributed by atoms with Crippen LogP contribution in [0.2, 0.25) is 0 Å². The molecule has 340 valence electrons. The van der Waals surface area contributed by atoms with Crippen LogP contribution in [0.15, 0.2) is 60.8 Å². The molecule has 0 fully saturated rings. The summed E-state index contributed by atoms with van der Waals surface area (Å²) < 4.78 is 17.2. The number of rotatable bonds is 42. The predicted molar refractivity (Wildman–Crippen MR) is 245 cm³/mol. The summed E-state index contributed by atoms with van der Waals surface area (Å²) in [6.45, 7) is 4.59. The summed E-state index contributed by atoms with van der Waals surface area (Å²) in [5.74, 6) is -1.77. The second kappa shape index (κ2) is 41.8. The number of carbonyl (C=O) groups excluding carboxylic acids is 3. The summed E-state index contributed by atoms with van der Waals surface area (Å²) >= 11 is 0. The van der Waals surface area contributed by atoms with Crippen LogP contribution in [0.5, 0.6) is 0 Å². The fraction of sp³-hybridized carbons (Fsp3) is 0.745. The van der Waals surface area contributed by atoms with Crippen molar-refractivity contribution < 1.29 is 38.2 Å². The van der Waals surface area contributed by atoms with E-state index in [1.165, 1.54) is 70.6 Å². The molecular weight excluding hydrogens is 739 g/mol. The number of quaternary nitrogens is 1. The molecule has 0 aliphatic carbocycles. The van der Waals surface area contributed by atoms with Gasteiger partial charge in [-0.05, 0) is 83.5 Å². The van der Waals surface area contributed by atoms with Crippen LogP contribution in [0.4, 0.5) is 0 Å². The van der Waals surface area contributed by atoms with Gasteiger partial charge in [0, 0.05) is 19.3 Å². The average molecular weight is 828 g/mol. The first-order valence-corrected chi connectivity index (χ1v) is 23.8. The van der Waals surface area contributed by atoms with Crippen LogP contribution in [-0.2, 0) is 28.6 Å². The SMILES string of the molecule is CCCCC/C=C\C/C=C\C/C=C\CCCCCCCCC(=O)OC(COCCC(C(=O)[O-])[N+](C)(C)C)COC(=O)CCCCCCC/C=C\C/C=C\CCCCCC. The molecule has 0 heterocycles. The van der Waals surface area contributed by atoms with Gasteiger partial charge in [0.05, 0.1) is 40.3 Å². The highest BCUT2D eigenvalue weighted by Crippen LogP contribution is 2.13. The van der Waals surface area contributed by atoms with E-state index in [4.69, 9.17) is 14.2 Å². The van der Waals surface area contributed by atoms with Crippen molar-refractivity contribution in [2.45, 2.75) is 206 Å². The number of likely N-dealkylation sites (N-methyl/N-ethyl adjacent to an activating group) is 1. The number of aliphatic carboxylic acids is 1. The highest BCUT2D eigenvalue weighted by molar-refractivity contribution is 5.70. The van der Waals surface area contributed by atoms with Gasteiger partial charge >= 0.3 is 11.9 Å². The third-order valence-corrected chi connectivity index (χ3v) is 10.4. The molecule has 0 aliphatic rings. The topological polar surface area (TPSA) is 102 Å². The zero-order valence-electron chi connectivity index (χ0n) is 38.7. The van der Waals surface area contributed by atoms with Crippen LogP contribution >= 0.6 is 0 Å². The number of allylic oxidation sites excluding steroid dienone is 10. The Morgan fingerprint density at radius 2 is 0.898 bits per heavy atom. The van der Waals surface area contributed by atoms with E-state index in [9.17, 15) is 19.5 Å². The molecule has 8 nitrogen and oxygen atoms in total. The first kappa shape index (κ1) is 56.0. The Balaban J connectivity index is 4.36. The molecule has 2 atom stereocenters. The minimum Gasteiger partial charge on any atom is -0.544 e. The molecule has 8 heteroatoms. The Morgan fingerprint density at radius 1 is 0.508 bits per heavy atom. The van der Waals surface area contributed by atoms with Gasteiger partial charge in [-0.3, -0.25) is 9.59 Å². The van der Waals surface area contributed by atoms with E-state index in [-0.39, 0.29) is 42.7 Å². The summed E-state index contributed by atoms with van der Waals surface area (Å²) in [6, 6.07) is -0.733. The van der Waals surface area contributed by atoms with E-state index >= 15 is 0 Å². The molecule has 0 aromatic rings. The fourth-order valence-corrected chi connectivity index (χ4v) is 6.64. The van der Waals surface area contributed by atoms with Gasteiger partial charge in [0.25, 0.3) is 0 Å². The van der Waals surface area contributed by atoms with E-state index in [1.807, 2.05) is 0 Å². The highest BCUT2D eigenvalue weighted by atomic mass is 16.6. The van der Waals surface area contributed by atoms with E-state index in [0.717, 1.165) is 89.9 Å². The number of unbranched alkanes of at least 4 members (excludes halogenated alkanes) is 18. The van der Waals surface area contributed by atoms with E-state index < -0.39 is 18.1 Å². The normalized spacial score (nSPS) is 13.4. The lowest BCUT2D eigenvalue weighted by Crippen LogP contribution is -2.55. The lowest BCUT2D eigenvalue weighted by Gasteiger charge is -2.34. The molecule has 0 saturated heterocycles. The third kappa shape index (κ3) is 40.2. The maximum absolute atomic E-state index is 12.8. The van der Waals surface area contributed by atoms with Crippen LogP contribution < -0.4 is 5.11 Å². The number of ether oxygens (including phenoxy) is 3. The molecule has 0 N–H and O–H groups in total. The predicted octanol–water partition coefficient (Wildman–Crippen LogP) is 12.0. The van der Waals surface area contributed by atoms with Crippen LogP contribution in [0.1, 0.15) is 194 Å².